The van der Waals surface area contributed by atoms with Gasteiger partial charge < -0.3 is 14.6 Å². The summed E-state index contributed by atoms with van der Waals surface area (Å²) in [6.07, 6.45) is 0. The molecular formula is C17H14BrNO4S. The lowest BCUT2D eigenvalue weighted by Crippen LogP contribution is -2.10. The van der Waals surface area contributed by atoms with E-state index in [0.717, 1.165) is 20.8 Å². The molecule has 0 saturated heterocycles. The normalized spacial score (nSPS) is 10.8. The molecule has 0 unspecified atom stereocenters. The first kappa shape index (κ1) is 16.7. The summed E-state index contributed by atoms with van der Waals surface area (Å²) in [7, 11) is 0. The van der Waals surface area contributed by atoms with Crippen LogP contribution in [0.3, 0.4) is 0 Å². The predicted octanol–water partition coefficient (Wildman–Crippen LogP) is 4.59. The standard InChI is InChI=1S/C17H14BrNO4S/c1-2-22-13-8-10(7-11(18)16(13)23-9-15(20)21)17-19-12-5-3-4-6-14(12)24-17/h3-8H,2,9H2,1H3,(H,20,21). The second-order valence-corrected chi connectivity index (χ2v) is 6.77. The van der Waals surface area contributed by atoms with Crippen LogP contribution in [0, 0.1) is 0 Å². The Kier molecular flexibility index (Phi) is 5.01. The zero-order chi connectivity index (χ0) is 17.1. The Morgan fingerprint density at radius 1 is 1.29 bits per heavy atom. The topological polar surface area (TPSA) is 68.7 Å². The molecule has 0 aliphatic rings. The van der Waals surface area contributed by atoms with E-state index in [-0.39, 0.29) is 0 Å². The van der Waals surface area contributed by atoms with Crippen molar-refractivity contribution in [3.63, 3.8) is 0 Å². The first-order chi connectivity index (χ1) is 11.6. The van der Waals surface area contributed by atoms with E-state index in [1.807, 2.05) is 43.3 Å². The smallest absolute Gasteiger partial charge is 0.341 e. The van der Waals surface area contributed by atoms with Crippen molar-refractivity contribution in [1.29, 1.82) is 0 Å². The van der Waals surface area contributed by atoms with Crippen LogP contribution in [0.4, 0.5) is 0 Å². The first-order valence-corrected chi connectivity index (χ1v) is 8.86. The molecule has 0 atom stereocenters. The highest BCUT2D eigenvalue weighted by atomic mass is 79.9. The minimum Gasteiger partial charge on any atom is -0.490 e. The Hall–Kier alpha value is -2.12. The van der Waals surface area contributed by atoms with Crippen LogP contribution < -0.4 is 9.47 Å². The molecule has 0 bridgehead atoms. The van der Waals surface area contributed by atoms with Gasteiger partial charge in [0, 0.05) is 5.56 Å². The van der Waals surface area contributed by atoms with Gasteiger partial charge in [0.1, 0.15) is 5.01 Å². The molecule has 5 nitrogen and oxygen atoms in total. The van der Waals surface area contributed by atoms with Gasteiger partial charge in [-0.2, -0.15) is 0 Å². The zero-order valence-corrected chi connectivity index (χ0v) is 15.2. The van der Waals surface area contributed by atoms with Crippen molar-refractivity contribution in [3.8, 4) is 22.1 Å². The molecule has 0 fully saturated rings. The highest BCUT2D eigenvalue weighted by molar-refractivity contribution is 9.10. The predicted molar refractivity (Wildman–Crippen MR) is 97.1 cm³/mol. The fourth-order valence-corrected chi connectivity index (χ4v) is 3.73. The van der Waals surface area contributed by atoms with Crippen LogP contribution in [0.15, 0.2) is 40.9 Å². The lowest BCUT2D eigenvalue weighted by molar-refractivity contribution is -0.139. The maximum Gasteiger partial charge on any atom is 0.341 e. The third kappa shape index (κ3) is 3.52. The second kappa shape index (κ2) is 7.19. The third-order valence-corrected chi connectivity index (χ3v) is 4.86. The van der Waals surface area contributed by atoms with Gasteiger partial charge in [0.2, 0.25) is 0 Å². The van der Waals surface area contributed by atoms with Crippen molar-refractivity contribution in [2.45, 2.75) is 6.92 Å². The largest absolute Gasteiger partial charge is 0.490 e. The lowest BCUT2D eigenvalue weighted by Gasteiger charge is -2.13. The summed E-state index contributed by atoms with van der Waals surface area (Å²) in [6.45, 7) is 1.87. The number of fused-ring (bicyclic) bond motifs is 1. The number of thiazole rings is 1. The Labute approximate surface area is 151 Å². The van der Waals surface area contributed by atoms with Gasteiger partial charge in [-0.1, -0.05) is 12.1 Å². The minimum atomic E-state index is -1.04. The third-order valence-electron chi connectivity index (χ3n) is 3.19. The summed E-state index contributed by atoms with van der Waals surface area (Å²) < 4.78 is 12.7. The number of carboxylic acids is 1. The summed E-state index contributed by atoms with van der Waals surface area (Å²) in [5.41, 5.74) is 1.83. The van der Waals surface area contributed by atoms with Gasteiger partial charge >= 0.3 is 5.97 Å². The molecule has 0 radical (unpaired) electrons. The van der Waals surface area contributed by atoms with Gasteiger partial charge in [0.15, 0.2) is 18.1 Å². The molecule has 0 aliphatic carbocycles. The second-order valence-electron chi connectivity index (χ2n) is 4.89. The molecule has 3 aromatic rings. The van der Waals surface area contributed by atoms with Crippen LogP contribution in [-0.4, -0.2) is 29.3 Å². The number of nitrogens with zero attached hydrogens (tertiary/aromatic N) is 1. The van der Waals surface area contributed by atoms with Gasteiger partial charge in [0.05, 0.1) is 21.3 Å². The monoisotopic (exact) mass is 407 g/mol. The molecule has 0 saturated carbocycles. The van der Waals surface area contributed by atoms with E-state index in [2.05, 4.69) is 20.9 Å². The molecule has 1 N–H and O–H groups in total. The summed E-state index contributed by atoms with van der Waals surface area (Å²) in [5, 5.41) is 9.67. The van der Waals surface area contributed by atoms with Crippen LogP contribution in [0.2, 0.25) is 0 Å². The molecule has 0 spiro atoms. The molecule has 0 amide bonds. The fourth-order valence-electron chi connectivity index (χ4n) is 2.22. The molecule has 24 heavy (non-hydrogen) atoms. The van der Waals surface area contributed by atoms with Gasteiger partial charge in [-0.3, -0.25) is 0 Å². The van der Waals surface area contributed by atoms with Crippen LogP contribution in [0.25, 0.3) is 20.8 Å². The Morgan fingerprint density at radius 2 is 2.08 bits per heavy atom. The van der Waals surface area contributed by atoms with E-state index in [1.54, 1.807) is 11.3 Å². The van der Waals surface area contributed by atoms with E-state index >= 15 is 0 Å². The van der Waals surface area contributed by atoms with E-state index in [9.17, 15) is 4.79 Å². The van der Waals surface area contributed by atoms with Crippen LogP contribution in [0.5, 0.6) is 11.5 Å². The Balaban J connectivity index is 2.03. The molecule has 7 heteroatoms. The van der Waals surface area contributed by atoms with Gasteiger partial charge in [-0.15, -0.1) is 11.3 Å². The average Bonchev–Trinajstić information content (AvgIpc) is 2.98. The lowest BCUT2D eigenvalue weighted by atomic mass is 10.2. The molecular weight excluding hydrogens is 394 g/mol. The fraction of sp³-hybridized carbons (Fsp3) is 0.176. The maximum atomic E-state index is 10.8. The molecule has 124 valence electrons. The highest BCUT2D eigenvalue weighted by Crippen LogP contribution is 2.41. The summed E-state index contributed by atoms with van der Waals surface area (Å²) in [6, 6.07) is 11.6. The van der Waals surface area contributed by atoms with Gasteiger partial charge in [-0.05, 0) is 47.1 Å². The summed E-state index contributed by atoms with van der Waals surface area (Å²) in [5.74, 6) is -0.175. The van der Waals surface area contributed by atoms with Crippen molar-refractivity contribution < 1.29 is 19.4 Å². The van der Waals surface area contributed by atoms with E-state index < -0.39 is 12.6 Å². The molecule has 1 heterocycles. The molecule has 2 aromatic carbocycles. The molecule has 1 aromatic heterocycles. The van der Waals surface area contributed by atoms with Crippen molar-refractivity contribution in [2.24, 2.45) is 0 Å². The Morgan fingerprint density at radius 3 is 2.79 bits per heavy atom. The van der Waals surface area contributed by atoms with E-state index in [4.69, 9.17) is 14.6 Å². The maximum absolute atomic E-state index is 10.8. The highest BCUT2D eigenvalue weighted by Gasteiger charge is 2.16. The van der Waals surface area contributed by atoms with E-state index in [0.29, 0.717) is 22.6 Å². The van der Waals surface area contributed by atoms with Crippen LogP contribution >= 0.6 is 27.3 Å². The number of aromatic nitrogens is 1. The number of aliphatic carboxylic acids is 1. The van der Waals surface area contributed by atoms with Gasteiger partial charge in [0.25, 0.3) is 0 Å². The summed E-state index contributed by atoms with van der Waals surface area (Å²) >= 11 is 5.03. The molecule has 3 rings (SSSR count). The first-order valence-electron chi connectivity index (χ1n) is 7.25. The van der Waals surface area contributed by atoms with Crippen LogP contribution in [0.1, 0.15) is 6.92 Å². The summed E-state index contributed by atoms with van der Waals surface area (Å²) in [4.78, 5) is 15.4. The quantitative estimate of drug-likeness (QED) is 0.646. The van der Waals surface area contributed by atoms with Crippen molar-refractivity contribution in [1.82, 2.24) is 4.98 Å². The molecule has 0 aliphatic heterocycles. The Bertz CT molecular complexity index is 860. The van der Waals surface area contributed by atoms with Gasteiger partial charge in [-0.25, -0.2) is 9.78 Å². The SMILES string of the molecule is CCOc1cc(-c2nc3ccccc3s2)cc(Br)c1OCC(=O)O. The zero-order valence-electron chi connectivity index (χ0n) is 12.8. The number of hydrogen-bond donors (Lipinski definition) is 1. The number of carbonyl (C=O) groups is 1. The minimum absolute atomic E-state index is 0.379. The number of hydrogen-bond acceptors (Lipinski definition) is 5. The van der Waals surface area contributed by atoms with Crippen molar-refractivity contribution in [3.05, 3.63) is 40.9 Å². The van der Waals surface area contributed by atoms with Crippen molar-refractivity contribution in [2.75, 3.05) is 13.2 Å². The number of carboxylic acid groups (broad SMARTS) is 1. The number of rotatable bonds is 6. The van der Waals surface area contributed by atoms with Crippen LogP contribution in [-0.2, 0) is 4.79 Å². The van der Waals surface area contributed by atoms with Crippen molar-refractivity contribution >= 4 is 43.5 Å². The average molecular weight is 408 g/mol. The number of halogens is 1. The number of benzene rings is 2. The number of ether oxygens (including phenoxy) is 2. The number of para-hydroxylation sites is 1. The van der Waals surface area contributed by atoms with E-state index in [1.165, 1.54) is 0 Å².